The normalized spacial score (nSPS) is 12.0. The molecule has 0 saturated heterocycles. The Morgan fingerprint density at radius 1 is 0.844 bits per heavy atom. The maximum Gasteiger partial charge on any atom is 0.224 e. The van der Waals surface area contributed by atoms with Gasteiger partial charge in [-0.05, 0) is 39.8 Å². The van der Waals surface area contributed by atoms with Crippen LogP contribution >= 0.6 is 11.3 Å². The van der Waals surface area contributed by atoms with Gasteiger partial charge in [-0.2, -0.15) is 0 Å². The summed E-state index contributed by atoms with van der Waals surface area (Å²) >= 11 is 1.73. The number of rotatable bonds is 7. The fourth-order valence-electron chi connectivity index (χ4n) is 4.15. The number of hydrogen-bond acceptors (Lipinski definition) is 2. The lowest BCUT2D eigenvalue weighted by molar-refractivity contribution is -0.120. The lowest BCUT2D eigenvalue weighted by atomic mass is 9.96. The van der Waals surface area contributed by atoms with Gasteiger partial charge in [0.2, 0.25) is 5.91 Å². The molecule has 0 bridgehead atoms. The minimum absolute atomic E-state index is 0.0406. The fourth-order valence-corrected chi connectivity index (χ4v) is 4.99. The summed E-state index contributed by atoms with van der Waals surface area (Å²) < 4.78 is 0. The summed E-state index contributed by atoms with van der Waals surface area (Å²) in [7, 11) is 0. The molecular formula is C28H24N2OS. The summed E-state index contributed by atoms with van der Waals surface area (Å²) in [6, 6.07) is 31.0. The maximum atomic E-state index is 12.8. The Balaban J connectivity index is 1.28. The molecule has 2 N–H and O–H groups in total. The molecule has 2 aromatic heterocycles. The summed E-state index contributed by atoms with van der Waals surface area (Å²) in [6.45, 7) is 0.573. The number of fused-ring (bicyclic) bond motifs is 1. The first-order valence-corrected chi connectivity index (χ1v) is 11.7. The molecule has 158 valence electrons. The monoisotopic (exact) mass is 436 g/mol. The van der Waals surface area contributed by atoms with Crippen LogP contribution < -0.4 is 5.32 Å². The van der Waals surface area contributed by atoms with E-state index in [1.807, 2.05) is 36.4 Å². The van der Waals surface area contributed by atoms with Crippen LogP contribution in [0.5, 0.6) is 0 Å². The topological polar surface area (TPSA) is 44.9 Å². The first-order valence-electron chi connectivity index (χ1n) is 10.8. The van der Waals surface area contributed by atoms with Crippen LogP contribution in [0.4, 0.5) is 0 Å². The Bertz CT molecular complexity index is 1300. The van der Waals surface area contributed by atoms with Crippen molar-refractivity contribution < 1.29 is 4.79 Å². The zero-order valence-electron chi connectivity index (χ0n) is 17.6. The molecule has 5 rings (SSSR count). The van der Waals surface area contributed by atoms with Crippen molar-refractivity contribution in [2.24, 2.45) is 0 Å². The van der Waals surface area contributed by atoms with Gasteiger partial charge in [0.05, 0.1) is 6.42 Å². The van der Waals surface area contributed by atoms with Crippen LogP contribution in [0.25, 0.3) is 22.0 Å². The standard InChI is InChI=1S/C28H24N2OS/c31-28(17-20-12-14-22(15-13-20)21-7-2-1-3-8-21)30-19-25(27-11-6-16-32-27)24-18-29-26-10-5-4-9-23(24)26/h1-16,18,25,29H,17,19H2,(H,30,31)/t25-/m1/s1. The van der Waals surface area contributed by atoms with Crippen LogP contribution in [-0.2, 0) is 11.2 Å². The molecule has 32 heavy (non-hydrogen) atoms. The molecule has 0 spiro atoms. The molecule has 0 saturated carbocycles. The van der Waals surface area contributed by atoms with E-state index in [1.165, 1.54) is 21.4 Å². The van der Waals surface area contributed by atoms with E-state index in [2.05, 4.69) is 76.5 Å². The van der Waals surface area contributed by atoms with Gasteiger partial charge >= 0.3 is 0 Å². The van der Waals surface area contributed by atoms with Crippen molar-refractivity contribution in [1.29, 1.82) is 0 Å². The quantitative estimate of drug-likeness (QED) is 0.305. The predicted octanol–water partition coefficient (Wildman–Crippen LogP) is 6.39. The molecular weight excluding hydrogens is 412 g/mol. The van der Waals surface area contributed by atoms with E-state index in [-0.39, 0.29) is 11.8 Å². The molecule has 5 aromatic rings. The number of carbonyl (C=O) groups is 1. The van der Waals surface area contributed by atoms with Crippen LogP contribution in [0, 0.1) is 0 Å². The molecule has 1 amide bonds. The Labute approximate surface area is 191 Å². The highest BCUT2D eigenvalue weighted by molar-refractivity contribution is 7.10. The number of thiophene rings is 1. The first kappa shape index (κ1) is 20.3. The average molecular weight is 437 g/mol. The highest BCUT2D eigenvalue weighted by Gasteiger charge is 2.20. The van der Waals surface area contributed by atoms with Gasteiger partial charge in [0.1, 0.15) is 0 Å². The Hall–Kier alpha value is -3.63. The van der Waals surface area contributed by atoms with E-state index >= 15 is 0 Å². The SMILES string of the molecule is O=C(Cc1ccc(-c2ccccc2)cc1)NC[C@@H](c1cccs1)c1c[nH]c2ccccc12. The lowest BCUT2D eigenvalue weighted by Gasteiger charge is -2.16. The van der Waals surface area contributed by atoms with Crippen LogP contribution in [0.3, 0.4) is 0 Å². The molecule has 0 fully saturated rings. The van der Waals surface area contributed by atoms with Crippen LogP contribution in [0.2, 0.25) is 0 Å². The molecule has 0 aliphatic rings. The van der Waals surface area contributed by atoms with Crippen molar-refractivity contribution >= 4 is 28.1 Å². The van der Waals surface area contributed by atoms with Crippen LogP contribution in [-0.4, -0.2) is 17.4 Å². The second-order valence-corrected chi connectivity index (χ2v) is 8.88. The van der Waals surface area contributed by atoms with E-state index < -0.39 is 0 Å². The second-order valence-electron chi connectivity index (χ2n) is 7.90. The number of amides is 1. The number of nitrogens with one attached hydrogen (secondary N) is 2. The molecule has 0 aliphatic carbocycles. The lowest BCUT2D eigenvalue weighted by Crippen LogP contribution is -2.29. The van der Waals surface area contributed by atoms with Gasteiger partial charge in [-0.25, -0.2) is 0 Å². The van der Waals surface area contributed by atoms with Gasteiger partial charge in [0.15, 0.2) is 0 Å². The number of H-pyrrole nitrogens is 1. The summed E-state index contributed by atoms with van der Waals surface area (Å²) in [4.78, 5) is 17.4. The molecule has 3 aromatic carbocycles. The smallest absolute Gasteiger partial charge is 0.224 e. The zero-order valence-corrected chi connectivity index (χ0v) is 18.4. The van der Waals surface area contributed by atoms with Crippen molar-refractivity contribution in [2.45, 2.75) is 12.3 Å². The second kappa shape index (κ2) is 9.25. The Morgan fingerprint density at radius 3 is 2.38 bits per heavy atom. The van der Waals surface area contributed by atoms with Gasteiger partial charge in [0.25, 0.3) is 0 Å². The molecule has 0 aliphatic heterocycles. The number of benzene rings is 3. The molecule has 0 unspecified atom stereocenters. The van der Waals surface area contributed by atoms with Gasteiger partial charge in [-0.3, -0.25) is 4.79 Å². The maximum absolute atomic E-state index is 12.8. The Morgan fingerprint density at radius 2 is 1.59 bits per heavy atom. The summed E-state index contributed by atoms with van der Waals surface area (Å²) in [5, 5.41) is 6.47. The van der Waals surface area contributed by atoms with Crippen molar-refractivity contribution in [1.82, 2.24) is 10.3 Å². The van der Waals surface area contributed by atoms with Crippen molar-refractivity contribution in [3.63, 3.8) is 0 Å². The fraction of sp³-hybridized carbons (Fsp3) is 0.107. The minimum Gasteiger partial charge on any atom is -0.361 e. The number of carbonyl (C=O) groups excluding carboxylic acids is 1. The van der Waals surface area contributed by atoms with Gasteiger partial charge in [-0.15, -0.1) is 11.3 Å². The number of aromatic nitrogens is 1. The predicted molar refractivity (Wildman–Crippen MR) is 133 cm³/mol. The van der Waals surface area contributed by atoms with Crippen molar-refractivity contribution in [3.05, 3.63) is 119 Å². The molecule has 3 nitrogen and oxygen atoms in total. The zero-order chi connectivity index (χ0) is 21.8. The number of aromatic amines is 1. The minimum atomic E-state index is 0.0406. The van der Waals surface area contributed by atoms with Gasteiger partial charge < -0.3 is 10.3 Å². The van der Waals surface area contributed by atoms with Crippen molar-refractivity contribution in [3.8, 4) is 11.1 Å². The van der Waals surface area contributed by atoms with Gasteiger partial charge in [0, 0.05) is 34.4 Å². The third-order valence-corrected chi connectivity index (χ3v) is 6.80. The third-order valence-electron chi connectivity index (χ3n) is 5.81. The van der Waals surface area contributed by atoms with Crippen LogP contribution in [0.15, 0.2) is 103 Å². The van der Waals surface area contributed by atoms with Crippen molar-refractivity contribution in [2.75, 3.05) is 6.54 Å². The van der Waals surface area contributed by atoms with Gasteiger partial charge in [-0.1, -0.05) is 78.9 Å². The molecule has 0 radical (unpaired) electrons. The average Bonchev–Trinajstić information content (AvgIpc) is 3.52. The first-order chi connectivity index (χ1) is 15.8. The molecule has 2 heterocycles. The molecule has 4 heteroatoms. The number of hydrogen-bond donors (Lipinski definition) is 2. The third kappa shape index (κ3) is 4.36. The highest BCUT2D eigenvalue weighted by atomic mass is 32.1. The van der Waals surface area contributed by atoms with Crippen LogP contribution in [0.1, 0.15) is 21.9 Å². The molecule has 1 atom stereocenters. The van der Waals surface area contributed by atoms with E-state index in [1.54, 1.807) is 11.3 Å². The van der Waals surface area contributed by atoms with E-state index in [9.17, 15) is 4.79 Å². The number of para-hydroxylation sites is 1. The summed E-state index contributed by atoms with van der Waals surface area (Å²) in [5.74, 6) is 0.161. The Kier molecular flexibility index (Phi) is 5.86. The van der Waals surface area contributed by atoms with E-state index in [0.717, 1.165) is 16.6 Å². The van der Waals surface area contributed by atoms with E-state index in [0.29, 0.717) is 13.0 Å². The highest BCUT2D eigenvalue weighted by Crippen LogP contribution is 2.32. The summed E-state index contributed by atoms with van der Waals surface area (Å²) in [5.41, 5.74) is 5.69. The largest absolute Gasteiger partial charge is 0.361 e. The van der Waals surface area contributed by atoms with E-state index in [4.69, 9.17) is 0 Å². The summed E-state index contributed by atoms with van der Waals surface area (Å²) in [6.07, 6.45) is 2.45.